The van der Waals surface area contributed by atoms with Crippen LogP contribution in [-0.4, -0.2) is 4.98 Å². The second kappa shape index (κ2) is 3.67. The number of rotatable bonds is 1. The van der Waals surface area contributed by atoms with Gasteiger partial charge in [-0.2, -0.15) is 0 Å². The molecule has 88 valence electrons. The van der Waals surface area contributed by atoms with Crippen LogP contribution in [0.3, 0.4) is 0 Å². The van der Waals surface area contributed by atoms with Gasteiger partial charge in [0.25, 0.3) is 0 Å². The summed E-state index contributed by atoms with van der Waals surface area (Å²) in [5.41, 5.74) is 7.13. The molecule has 0 amide bonds. The number of pyridine rings is 1. The van der Waals surface area contributed by atoms with Crippen LogP contribution >= 0.6 is 0 Å². The highest BCUT2D eigenvalue weighted by Gasteiger charge is 2.21. The van der Waals surface area contributed by atoms with Gasteiger partial charge in [0, 0.05) is 11.1 Å². The van der Waals surface area contributed by atoms with Crippen LogP contribution in [0.25, 0.3) is 10.9 Å². The lowest BCUT2D eigenvalue weighted by atomic mass is 10.0. The number of nitrogens with two attached hydrogens (primary N) is 1. The molecule has 0 spiro atoms. The maximum Gasteiger partial charge on any atom is 0.149 e. The number of benzene rings is 1. The lowest BCUT2D eigenvalue weighted by molar-refractivity contribution is 0.636. The van der Waals surface area contributed by atoms with Gasteiger partial charge in [-0.25, -0.2) is 9.37 Å². The van der Waals surface area contributed by atoms with E-state index in [1.165, 1.54) is 6.07 Å². The highest BCUT2D eigenvalue weighted by Crippen LogP contribution is 2.35. The number of halogens is 1. The van der Waals surface area contributed by atoms with Crippen molar-refractivity contribution in [2.45, 2.75) is 26.2 Å². The Kier molecular flexibility index (Phi) is 2.26. The second-order valence-electron chi connectivity index (χ2n) is 4.50. The van der Waals surface area contributed by atoms with Crippen molar-refractivity contribution in [2.75, 3.05) is 5.43 Å². The summed E-state index contributed by atoms with van der Waals surface area (Å²) in [6.45, 7) is 1.95. The minimum atomic E-state index is -0.281. The summed E-state index contributed by atoms with van der Waals surface area (Å²) in [6.07, 6.45) is 2.94. The first kappa shape index (κ1) is 10.5. The molecule has 0 saturated heterocycles. The van der Waals surface area contributed by atoms with Gasteiger partial charge in [0.05, 0.1) is 5.69 Å². The number of anilines is 1. The molecule has 1 aliphatic carbocycles. The van der Waals surface area contributed by atoms with Crippen molar-refractivity contribution in [2.24, 2.45) is 5.84 Å². The number of hydrazine groups is 1. The molecule has 1 aromatic heterocycles. The van der Waals surface area contributed by atoms with E-state index in [0.29, 0.717) is 5.52 Å². The molecule has 3 N–H and O–H groups in total. The Hall–Kier alpha value is -1.68. The van der Waals surface area contributed by atoms with Gasteiger partial charge < -0.3 is 5.43 Å². The quantitative estimate of drug-likeness (QED) is 0.585. The maximum absolute atomic E-state index is 13.8. The first-order valence-corrected chi connectivity index (χ1v) is 5.79. The zero-order chi connectivity index (χ0) is 12.0. The average molecular weight is 231 g/mol. The second-order valence-corrected chi connectivity index (χ2v) is 4.50. The summed E-state index contributed by atoms with van der Waals surface area (Å²) in [6, 6.07) is 3.23. The molecule has 0 aliphatic heterocycles. The van der Waals surface area contributed by atoms with Gasteiger partial charge in [0.1, 0.15) is 11.3 Å². The zero-order valence-corrected chi connectivity index (χ0v) is 9.68. The molecule has 17 heavy (non-hydrogen) atoms. The Morgan fingerprint density at radius 1 is 1.35 bits per heavy atom. The fraction of sp³-hybridized carbons (Fsp3) is 0.308. The molecule has 3 rings (SSSR count). The molecule has 0 bridgehead atoms. The van der Waals surface area contributed by atoms with Crippen LogP contribution in [0.1, 0.15) is 23.2 Å². The number of nitrogens with zero attached hydrogens (tertiary/aromatic N) is 1. The van der Waals surface area contributed by atoms with Gasteiger partial charge >= 0.3 is 0 Å². The number of aromatic nitrogens is 1. The molecule has 0 unspecified atom stereocenters. The Morgan fingerprint density at radius 2 is 2.18 bits per heavy atom. The van der Waals surface area contributed by atoms with E-state index >= 15 is 0 Å². The largest absolute Gasteiger partial charge is 0.323 e. The van der Waals surface area contributed by atoms with Gasteiger partial charge in [-0.15, -0.1) is 0 Å². The van der Waals surface area contributed by atoms with Crippen LogP contribution in [0, 0.1) is 12.7 Å². The SMILES string of the molecule is Cc1ccc(F)c2nc3c(c(NN)c12)CCC3. The number of hydrogen-bond acceptors (Lipinski definition) is 3. The third-order valence-electron chi connectivity index (χ3n) is 3.47. The van der Waals surface area contributed by atoms with E-state index in [4.69, 9.17) is 5.84 Å². The number of aryl methyl sites for hydroxylation is 2. The van der Waals surface area contributed by atoms with Gasteiger partial charge in [-0.05, 0) is 43.4 Å². The van der Waals surface area contributed by atoms with Gasteiger partial charge in [0.2, 0.25) is 0 Å². The van der Waals surface area contributed by atoms with Crippen LogP contribution in [0.5, 0.6) is 0 Å². The molecule has 0 fully saturated rings. The van der Waals surface area contributed by atoms with E-state index in [2.05, 4.69) is 10.4 Å². The van der Waals surface area contributed by atoms with Crippen molar-refractivity contribution < 1.29 is 4.39 Å². The van der Waals surface area contributed by atoms with Crippen molar-refractivity contribution in [3.05, 3.63) is 34.8 Å². The highest BCUT2D eigenvalue weighted by atomic mass is 19.1. The zero-order valence-electron chi connectivity index (χ0n) is 9.68. The predicted molar refractivity (Wildman–Crippen MR) is 66.3 cm³/mol. The van der Waals surface area contributed by atoms with Crippen molar-refractivity contribution in [3.8, 4) is 0 Å². The first-order valence-electron chi connectivity index (χ1n) is 5.79. The van der Waals surface area contributed by atoms with Crippen molar-refractivity contribution in [1.82, 2.24) is 4.98 Å². The summed E-state index contributed by atoms with van der Waals surface area (Å²) < 4.78 is 13.8. The molecule has 4 heteroatoms. The maximum atomic E-state index is 13.8. The smallest absolute Gasteiger partial charge is 0.149 e. The van der Waals surface area contributed by atoms with E-state index in [-0.39, 0.29) is 5.82 Å². The van der Waals surface area contributed by atoms with Gasteiger partial charge in [-0.3, -0.25) is 5.84 Å². The lowest BCUT2D eigenvalue weighted by Gasteiger charge is -2.13. The van der Waals surface area contributed by atoms with Crippen molar-refractivity contribution in [1.29, 1.82) is 0 Å². The normalized spacial score (nSPS) is 14.1. The topological polar surface area (TPSA) is 50.9 Å². The lowest BCUT2D eigenvalue weighted by Crippen LogP contribution is -2.11. The van der Waals surface area contributed by atoms with Crippen LogP contribution < -0.4 is 11.3 Å². The minimum Gasteiger partial charge on any atom is -0.323 e. The molecular formula is C13H14FN3. The van der Waals surface area contributed by atoms with E-state index in [1.54, 1.807) is 6.07 Å². The third-order valence-corrected chi connectivity index (χ3v) is 3.47. The van der Waals surface area contributed by atoms with E-state index in [1.807, 2.05) is 6.92 Å². The molecular weight excluding hydrogens is 217 g/mol. The Bertz CT molecular complexity index is 607. The monoisotopic (exact) mass is 231 g/mol. The molecule has 1 aliphatic rings. The van der Waals surface area contributed by atoms with Crippen LogP contribution in [0.4, 0.5) is 10.1 Å². The Morgan fingerprint density at radius 3 is 2.94 bits per heavy atom. The van der Waals surface area contributed by atoms with Gasteiger partial charge in [0.15, 0.2) is 0 Å². The van der Waals surface area contributed by atoms with E-state index in [9.17, 15) is 4.39 Å². The standard InChI is InChI=1S/C13H14FN3/c1-7-5-6-9(14)13-11(7)12(17-15)8-3-2-4-10(8)16-13/h5-6H,2-4,15H2,1H3,(H,16,17). The third kappa shape index (κ3) is 1.41. The Labute approximate surface area is 98.8 Å². The number of nitrogens with one attached hydrogen (secondary N) is 1. The van der Waals surface area contributed by atoms with Crippen molar-refractivity contribution in [3.63, 3.8) is 0 Å². The molecule has 0 radical (unpaired) electrons. The predicted octanol–water partition coefficient (Wildman–Crippen LogP) is 2.46. The Balaban J connectivity index is 2.49. The minimum absolute atomic E-state index is 0.281. The van der Waals surface area contributed by atoms with Crippen LogP contribution in [0.15, 0.2) is 12.1 Å². The molecule has 1 aromatic carbocycles. The fourth-order valence-electron chi connectivity index (χ4n) is 2.66. The summed E-state index contributed by atoms with van der Waals surface area (Å²) >= 11 is 0. The molecule has 0 atom stereocenters. The number of hydrogen-bond donors (Lipinski definition) is 2. The number of nitrogen functional groups attached to an aromatic ring is 1. The van der Waals surface area contributed by atoms with Gasteiger partial charge in [-0.1, -0.05) is 6.07 Å². The molecule has 1 heterocycles. The summed E-state index contributed by atoms with van der Waals surface area (Å²) in [4.78, 5) is 4.45. The molecule has 2 aromatic rings. The van der Waals surface area contributed by atoms with E-state index < -0.39 is 0 Å². The average Bonchev–Trinajstić information content (AvgIpc) is 2.79. The van der Waals surface area contributed by atoms with Crippen molar-refractivity contribution >= 4 is 16.6 Å². The van der Waals surface area contributed by atoms with E-state index in [0.717, 1.165) is 47.2 Å². The first-order chi connectivity index (χ1) is 8.22. The molecule has 3 nitrogen and oxygen atoms in total. The summed E-state index contributed by atoms with van der Waals surface area (Å²) in [5.74, 6) is 5.33. The number of fused-ring (bicyclic) bond motifs is 2. The van der Waals surface area contributed by atoms with Crippen LogP contribution in [-0.2, 0) is 12.8 Å². The van der Waals surface area contributed by atoms with Crippen LogP contribution in [0.2, 0.25) is 0 Å². The highest BCUT2D eigenvalue weighted by molar-refractivity contribution is 5.96. The summed E-state index contributed by atoms with van der Waals surface area (Å²) in [5, 5.41) is 0.813. The summed E-state index contributed by atoms with van der Waals surface area (Å²) in [7, 11) is 0. The molecule has 0 saturated carbocycles. The fourth-order valence-corrected chi connectivity index (χ4v) is 2.66.